The van der Waals surface area contributed by atoms with Gasteiger partial charge in [-0.15, -0.1) is 0 Å². The molecule has 0 bridgehead atoms. The predicted octanol–water partition coefficient (Wildman–Crippen LogP) is 2.08. The fourth-order valence-corrected chi connectivity index (χ4v) is 1.64. The highest BCUT2D eigenvalue weighted by molar-refractivity contribution is 5.89. The Balaban J connectivity index is 1.88. The Bertz CT molecular complexity index is 388. The number of urea groups is 1. The summed E-state index contributed by atoms with van der Waals surface area (Å²) >= 11 is 0. The van der Waals surface area contributed by atoms with E-state index in [0.29, 0.717) is 12.6 Å². The lowest BCUT2D eigenvalue weighted by Crippen LogP contribution is -2.28. The summed E-state index contributed by atoms with van der Waals surface area (Å²) in [6.07, 6.45) is 2.58. The van der Waals surface area contributed by atoms with Crippen molar-refractivity contribution in [2.75, 3.05) is 11.9 Å². The normalized spacial score (nSPS) is 14.4. The molecule has 0 aromatic heterocycles. The van der Waals surface area contributed by atoms with Gasteiger partial charge in [-0.1, -0.05) is 12.1 Å². The number of carbonyl (C=O) groups excluding carboxylic acids is 1. The van der Waals surface area contributed by atoms with Crippen molar-refractivity contribution in [3.05, 3.63) is 29.8 Å². The molecule has 1 aromatic rings. The molecule has 1 saturated carbocycles. The van der Waals surface area contributed by atoms with Crippen molar-refractivity contribution in [3.8, 4) is 0 Å². The summed E-state index contributed by atoms with van der Waals surface area (Å²) < 4.78 is 0. The minimum absolute atomic E-state index is 0.153. The number of nitrogens with one attached hydrogen (secondary N) is 3. The zero-order chi connectivity index (χ0) is 12.1. The second-order valence-corrected chi connectivity index (χ2v) is 4.34. The van der Waals surface area contributed by atoms with Gasteiger partial charge in [0.2, 0.25) is 0 Å². The molecule has 92 valence electrons. The Kier molecular flexibility index (Phi) is 3.98. The molecule has 3 N–H and O–H groups in total. The zero-order valence-electron chi connectivity index (χ0n) is 10.1. The molecule has 0 spiro atoms. The standard InChI is InChI=1S/C13H19N3O/c1-2-14-13(17)16-12-5-3-4-10(8-12)9-15-11-6-7-11/h3-5,8,11,15H,2,6-7,9H2,1H3,(H2,14,16,17). The van der Waals surface area contributed by atoms with Crippen molar-refractivity contribution in [3.63, 3.8) is 0 Å². The van der Waals surface area contributed by atoms with Crippen LogP contribution in [0.15, 0.2) is 24.3 Å². The minimum atomic E-state index is -0.153. The smallest absolute Gasteiger partial charge is 0.319 e. The molecule has 0 saturated heterocycles. The molecule has 2 amide bonds. The van der Waals surface area contributed by atoms with Crippen molar-refractivity contribution in [2.24, 2.45) is 0 Å². The number of amides is 2. The fourth-order valence-electron chi connectivity index (χ4n) is 1.64. The minimum Gasteiger partial charge on any atom is -0.338 e. The van der Waals surface area contributed by atoms with Gasteiger partial charge in [-0.2, -0.15) is 0 Å². The maximum atomic E-state index is 11.4. The molecule has 0 heterocycles. The number of rotatable bonds is 5. The molecule has 1 aromatic carbocycles. The summed E-state index contributed by atoms with van der Waals surface area (Å²) in [5, 5.41) is 8.97. The monoisotopic (exact) mass is 233 g/mol. The van der Waals surface area contributed by atoms with Crippen LogP contribution in [0.4, 0.5) is 10.5 Å². The van der Waals surface area contributed by atoms with Gasteiger partial charge in [0.15, 0.2) is 0 Å². The van der Waals surface area contributed by atoms with Crippen LogP contribution in [-0.4, -0.2) is 18.6 Å². The third kappa shape index (κ3) is 4.07. The first-order valence-corrected chi connectivity index (χ1v) is 6.15. The van der Waals surface area contributed by atoms with Gasteiger partial charge in [0.05, 0.1) is 0 Å². The highest BCUT2D eigenvalue weighted by Crippen LogP contribution is 2.19. The maximum absolute atomic E-state index is 11.4. The van der Waals surface area contributed by atoms with Crippen LogP contribution in [0.2, 0.25) is 0 Å². The van der Waals surface area contributed by atoms with Gasteiger partial charge in [-0.3, -0.25) is 0 Å². The van der Waals surface area contributed by atoms with E-state index < -0.39 is 0 Å². The van der Waals surface area contributed by atoms with E-state index in [1.807, 2.05) is 25.1 Å². The van der Waals surface area contributed by atoms with Crippen LogP contribution in [-0.2, 0) is 6.54 Å². The van der Waals surface area contributed by atoms with Crippen molar-refractivity contribution in [2.45, 2.75) is 32.4 Å². The quantitative estimate of drug-likeness (QED) is 0.729. The summed E-state index contributed by atoms with van der Waals surface area (Å²) in [5.74, 6) is 0. The van der Waals surface area contributed by atoms with Crippen LogP contribution < -0.4 is 16.0 Å². The molecular formula is C13H19N3O. The Morgan fingerprint density at radius 3 is 2.94 bits per heavy atom. The lowest BCUT2D eigenvalue weighted by Gasteiger charge is -2.08. The molecule has 1 fully saturated rings. The molecule has 4 heteroatoms. The highest BCUT2D eigenvalue weighted by atomic mass is 16.2. The molecule has 4 nitrogen and oxygen atoms in total. The molecule has 1 aliphatic carbocycles. The van der Waals surface area contributed by atoms with Gasteiger partial charge >= 0.3 is 6.03 Å². The Morgan fingerprint density at radius 2 is 2.24 bits per heavy atom. The molecule has 0 atom stereocenters. The largest absolute Gasteiger partial charge is 0.338 e. The van der Waals surface area contributed by atoms with Crippen molar-refractivity contribution in [1.82, 2.24) is 10.6 Å². The predicted molar refractivity (Wildman–Crippen MR) is 69.0 cm³/mol. The third-order valence-corrected chi connectivity index (χ3v) is 2.69. The summed E-state index contributed by atoms with van der Waals surface area (Å²) in [7, 11) is 0. The summed E-state index contributed by atoms with van der Waals surface area (Å²) in [6, 6.07) is 8.49. The zero-order valence-corrected chi connectivity index (χ0v) is 10.1. The van der Waals surface area contributed by atoms with Crippen LogP contribution in [0.3, 0.4) is 0 Å². The van der Waals surface area contributed by atoms with E-state index in [0.717, 1.165) is 12.2 Å². The molecule has 1 aliphatic rings. The Hall–Kier alpha value is -1.55. The number of anilines is 1. The second kappa shape index (κ2) is 5.68. The van der Waals surface area contributed by atoms with Gasteiger partial charge in [0.1, 0.15) is 0 Å². The topological polar surface area (TPSA) is 53.2 Å². The first-order chi connectivity index (χ1) is 8.28. The average molecular weight is 233 g/mol. The van der Waals surface area contributed by atoms with Crippen molar-refractivity contribution >= 4 is 11.7 Å². The number of benzene rings is 1. The maximum Gasteiger partial charge on any atom is 0.319 e. The van der Waals surface area contributed by atoms with Crippen LogP contribution in [0.1, 0.15) is 25.3 Å². The van der Waals surface area contributed by atoms with Gasteiger partial charge in [-0.05, 0) is 37.5 Å². The molecule has 17 heavy (non-hydrogen) atoms. The number of carbonyl (C=O) groups is 1. The van der Waals surface area contributed by atoms with Crippen LogP contribution in [0.5, 0.6) is 0 Å². The summed E-state index contributed by atoms with van der Waals surface area (Å²) in [4.78, 5) is 11.4. The van der Waals surface area contributed by atoms with Gasteiger partial charge in [0.25, 0.3) is 0 Å². The lowest BCUT2D eigenvalue weighted by atomic mass is 10.2. The van der Waals surface area contributed by atoms with E-state index in [9.17, 15) is 4.79 Å². The third-order valence-electron chi connectivity index (χ3n) is 2.69. The van der Waals surface area contributed by atoms with Gasteiger partial charge in [0, 0.05) is 24.8 Å². The number of hydrogen-bond donors (Lipinski definition) is 3. The average Bonchev–Trinajstić information content (AvgIpc) is 3.11. The van der Waals surface area contributed by atoms with Crippen LogP contribution >= 0.6 is 0 Å². The first kappa shape index (κ1) is 11.9. The van der Waals surface area contributed by atoms with E-state index in [1.54, 1.807) is 0 Å². The lowest BCUT2D eigenvalue weighted by molar-refractivity contribution is 0.252. The Morgan fingerprint density at radius 1 is 1.41 bits per heavy atom. The van der Waals surface area contributed by atoms with Crippen molar-refractivity contribution < 1.29 is 4.79 Å². The van der Waals surface area contributed by atoms with E-state index in [4.69, 9.17) is 0 Å². The van der Waals surface area contributed by atoms with E-state index >= 15 is 0 Å². The van der Waals surface area contributed by atoms with Crippen LogP contribution in [0.25, 0.3) is 0 Å². The fraction of sp³-hybridized carbons (Fsp3) is 0.462. The van der Waals surface area contributed by atoms with Crippen LogP contribution in [0, 0.1) is 0 Å². The molecule has 2 rings (SSSR count). The second-order valence-electron chi connectivity index (χ2n) is 4.34. The Labute approximate surface area is 102 Å². The van der Waals surface area contributed by atoms with E-state index in [-0.39, 0.29) is 6.03 Å². The van der Waals surface area contributed by atoms with E-state index in [2.05, 4.69) is 22.0 Å². The molecule has 0 aliphatic heterocycles. The van der Waals surface area contributed by atoms with Crippen molar-refractivity contribution in [1.29, 1.82) is 0 Å². The highest BCUT2D eigenvalue weighted by Gasteiger charge is 2.19. The van der Waals surface area contributed by atoms with E-state index in [1.165, 1.54) is 18.4 Å². The first-order valence-electron chi connectivity index (χ1n) is 6.15. The van der Waals surface area contributed by atoms with Gasteiger partial charge < -0.3 is 16.0 Å². The molecule has 0 radical (unpaired) electrons. The summed E-state index contributed by atoms with van der Waals surface area (Å²) in [6.45, 7) is 3.40. The SMILES string of the molecule is CCNC(=O)Nc1cccc(CNC2CC2)c1. The summed E-state index contributed by atoms with van der Waals surface area (Å²) in [5.41, 5.74) is 2.04. The molecular weight excluding hydrogens is 214 g/mol. The number of hydrogen-bond acceptors (Lipinski definition) is 2. The van der Waals surface area contributed by atoms with Gasteiger partial charge in [-0.25, -0.2) is 4.79 Å². The molecule has 0 unspecified atom stereocenters.